The molecule has 0 amide bonds. The Balaban J connectivity index is 4.22. The Morgan fingerprint density at radius 1 is 0.269 bits per heavy atom. The molecule has 0 spiro atoms. The Morgan fingerprint density at radius 2 is 0.500 bits per heavy atom. The van der Waals surface area contributed by atoms with Crippen LogP contribution < -0.4 is 0 Å². The zero-order valence-electron chi connectivity index (χ0n) is 51.7. The molecule has 0 bridgehead atoms. The molecule has 0 N–H and O–H groups in total. The summed E-state index contributed by atoms with van der Waals surface area (Å²) in [6.45, 7) is 6.50. The molecule has 450 valence electrons. The first-order valence-corrected chi connectivity index (χ1v) is 33.6. The van der Waals surface area contributed by atoms with Gasteiger partial charge in [0.05, 0.1) is 0 Å². The van der Waals surface area contributed by atoms with Gasteiger partial charge in [-0.1, -0.05) is 331 Å². The molecule has 0 aliphatic heterocycles. The molecule has 0 saturated carbocycles. The van der Waals surface area contributed by atoms with Crippen LogP contribution in [0.5, 0.6) is 0 Å². The van der Waals surface area contributed by atoms with E-state index in [0.29, 0.717) is 19.3 Å². The normalized spacial score (nSPS) is 12.6. The van der Waals surface area contributed by atoms with Gasteiger partial charge in [0.2, 0.25) is 0 Å². The van der Waals surface area contributed by atoms with Crippen molar-refractivity contribution in [2.45, 2.75) is 341 Å². The fourth-order valence-electron chi connectivity index (χ4n) is 9.67. The SMILES string of the molecule is CC/C=C\C/C=C\C/C=C\C/C=C\C/C=C\C/C=C\C/C=C\CCCC(=O)OC(COC(=O)CCCCCCCCCCC)COC(=O)CCCCCCCCCCCCCCCCCCCCCCCCCCCCCC. The maximum Gasteiger partial charge on any atom is 0.306 e. The van der Waals surface area contributed by atoms with Gasteiger partial charge in [0.25, 0.3) is 0 Å². The van der Waals surface area contributed by atoms with Crippen LogP contribution in [0.25, 0.3) is 0 Å². The first-order chi connectivity index (χ1) is 38.5. The third-order valence-corrected chi connectivity index (χ3v) is 14.7. The van der Waals surface area contributed by atoms with Gasteiger partial charge in [-0.3, -0.25) is 14.4 Å². The molecule has 6 heteroatoms. The fraction of sp³-hybridized carbons (Fsp3) is 0.764. The molecular formula is C72H126O6. The van der Waals surface area contributed by atoms with Crippen molar-refractivity contribution < 1.29 is 28.6 Å². The van der Waals surface area contributed by atoms with Crippen molar-refractivity contribution in [2.75, 3.05) is 13.2 Å². The first-order valence-electron chi connectivity index (χ1n) is 33.6. The second-order valence-corrected chi connectivity index (χ2v) is 22.4. The van der Waals surface area contributed by atoms with Crippen molar-refractivity contribution >= 4 is 17.9 Å². The minimum Gasteiger partial charge on any atom is -0.462 e. The number of hydrogen-bond donors (Lipinski definition) is 0. The van der Waals surface area contributed by atoms with Crippen molar-refractivity contribution in [3.63, 3.8) is 0 Å². The summed E-state index contributed by atoms with van der Waals surface area (Å²) in [7, 11) is 0. The summed E-state index contributed by atoms with van der Waals surface area (Å²) in [5.74, 6) is -0.945. The highest BCUT2D eigenvalue weighted by atomic mass is 16.6. The van der Waals surface area contributed by atoms with Gasteiger partial charge in [0, 0.05) is 19.3 Å². The van der Waals surface area contributed by atoms with Crippen LogP contribution in [0.15, 0.2) is 85.1 Å². The van der Waals surface area contributed by atoms with E-state index < -0.39 is 6.10 Å². The molecule has 0 saturated heterocycles. The largest absolute Gasteiger partial charge is 0.462 e. The Morgan fingerprint density at radius 3 is 0.769 bits per heavy atom. The van der Waals surface area contributed by atoms with Crippen LogP contribution in [-0.2, 0) is 28.6 Å². The van der Waals surface area contributed by atoms with E-state index in [0.717, 1.165) is 89.9 Å². The van der Waals surface area contributed by atoms with Crippen LogP contribution in [0.4, 0.5) is 0 Å². The quantitative estimate of drug-likeness (QED) is 0.0261. The van der Waals surface area contributed by atoms with E-state index in [1.165, 1.54) is 199 Å². The average molecular weight is 1090 g/mol. The number of rotatable bonds is 61. The van der Waals surface area contributed by atoms with E-state index in [1.807, 2.05) is 0 Å². The van der Waals surface area contributed by atoms with Gasteiger partial charge < -0.3 is 14.2 Å². The number of unbranched alkanes of at least 4 members (excludes halogenated alkanes) is 36. The van der Waals surface area contributed by atoms with Crippen molar-refractivity contribution in [3.05, 3.63) is 85.1 Å². The monoisotopic (exact) mass is 1090 g/mol. The second kappa shape index (κ2) is 66.1. The topological polar surface area (TPSA) is 78.9 Å². The minimum absolute atomic E-state index is 0.0960. The fourth-order valence-corrected chi connectivity index (χ4v) is 9.67. The van der Waals surface area contributed by atoms with Crippen molar-refractivity contribution in [1.82, 2.24) is 0 Å². The molecule has 0 radical (unpaired) electrons. The Kier molecular flexibility index (Phi) is 63.2. The lowest BCUT2D eigenvalue weighted by Gasteiger charge is -2.18. The van der Waals surface area contributed by atoms with Crippen molar-refractivity contribution in [2.24, 2.45) is 0 Å². The molecule has 1 atom stereocenters. The zero-order chi connectivity index (χ0) is 56.4. The van der Waals surface area contributed by atoms with Gasteiger partial charge in [0.15, 0.2) is 6.10 Å². The number of esters is 3. The summed E-state index contributed by atoms with van der Waals surface area (Å²) in [6.07, 6.45) is 87.7. The minimum atomic E-state index is -0.805. The van der Waals surface area contributed by atoms with E-state index in [1.54, 1.807) is 0 Å². The zero-order valence-corrected chi connectivity index (χ0v) is 51.7. The van der Waals surface area contributed by atoms with E-state index in [9.17, 15) is 14.4 Å². The van der Waals surface area contributed by atoms with Gasteiger partial charge in [0.1, 0.15) is 13.2 Å². The molecule has 0 aliphatic rings. The molecule has 6 nitrogen and oxygen atoms in total. The van der Waals surface area contributed by atoms with Gasteiger partial charge >= 0.3 is 17.9 Å². The molecule has 0 aromatic rings. The van der Waals surface area contributed by atoms with Crippen LogP contribution in [0.3, 0.4) is 0 Å². The predicted molar refractivity (Wildman–Crippen MR) is 339 cm³/mol. The van der Waals surface area contributed by atoms with Gasteiger partial charge in [-0.25, -0.2) is 0 Å². The van der Waals surface area contributed by atoms with Crippen LogP contribution in [-0.4, -0.2) is 37.2 Å². The first kappa shape index (κ1) is 74.6. The number of hydrogen-bond acceptors (Lipinski definition) is 6. The Hall–Kier alpha value is -3.41. The van der Waals surface area contributed by atoms with E-state index >= 15 is 0 Å². The summed E-state index contributed by atoms with van der Waals surface area (Å²) in [5, 5.41) is 0. The molecule has 78 heavy (non-hydrogen) atoms. The third-order valence-electron chi connectivity index (χ3n) is 14.7. The average Bonchev–Trinajstić information content (AvgIpc) is 3.44. The van der Waals surface area contributed by atoms with Crippen LogP contribution in [0, 0.1) is 0 Å². The van der Waals surface area contributed by atoms with E-state index in [2.05, 4.69) is 106 Å². The van der Waals surface area contributed by atoms with Gasteiger partial charge in [-0.05, 0) is 70.6 Å². The maximum absolute atomic E-state index is 12.9. The molecule has 0 fully saturated rings. The lowest BCUT2D eigenvalue weighted by atomic mass is 10.0. The summed E-state index contributed by atoms with van der Waals surface area (Å²) in [4.78, 5) is 38.2. The second-order valence-electron chi connectivity index (χ2n) is 22.4. The molecule has 0 aliphatic carbocycles. The van der Waals surface area contributed by atoms with Crippen molar-refractivity contribution in [1.29, 1.82) is 0 Å². The molecule has 1 unspecified atom stereocenters. The summed E-state index contributed by atoms with van der Waals surface area (Å²) < 4.78 is 16.8. The number of ether oxygens (including phenoxy) is 3. The third kappa shape index (κ3) is 63.4. The Bertz CT molecular complexity index is 1480. The highest BCUT2D eigenvalue weighted by Gasteiger charge is 2.19. The molecule has 0 heterocycles. The maximum atomic E-state index is 12.9. The van der Waals surface area contributed by atoms with Gasteiger partial charge in [-0.15, -0.1) is 0 Å². The lowest BCUT2D eigenvalue weighted by Crippen LogP contribution is -2.30. The van der Waals surface area contributed by atoms with Gasteiger partial charge in [-0.2, -0.15) is 0 Å². The summed E-state index contributed by atoms with van der Waals surface area (Å²) >= 11 is 0. The smallest absolute Gasteiger partial charge is 0.306 e. The number of carbonyl (C=O) groups excluding carboxylic acids is 3. The predicted octanol–water partition coefficient (Wildman–Crippen LogP) is 23.1. The van der Waals surface area contributed by atoms with E-state index in [-0.39, 0.29) is 37.5 Å². The number of allylic oxidation sites excluding steroid dienone is 14. The standard InChI is InChI=1S/C72H126O6/c1-4-7-10-13-16-19-21-23-25-27-29-31-33-34-35-36-37-39-40-42-44-46-48-50-53-56-59-62-65-71(74)77-68-69(67-76-70(73)64-61-58-55-52-18-15-12-9-6-3)78-72(75)66-63-60-57-54-51-49-47-45-43-41-38-32-30-28-26-24-22-20-17-14-11-8-5-2/h8,11,17,20,24,26,30,32,41,43,47,49,54,57,69H,4-7,9-10,12-16,18-19,21-23,25,27-29,31,33-40,42,44-46,48,50-53,55-56,58-68H2,1-3H3/b11-8-,20-17-,26-24-,32-30-,43-41-,49-47-,57-54-. The highest BCUT2D eigenvalue weighted by molar-refractivity contribution is 5.71. The van der Waals surface area contributed by atoms with Crippen molar-refractivity contribution in [3.8, 4) is 0 Å². The Labute approximate surface area is 484 Å². The molecular weight excluding hydrogens is 961 g/mol. The number of carbonyl (C=O) groups is 3. The van der Waals surface area contributed by atoms with Crippen LogP contribution >= 0.6 is 0 Å². The molecule has 0 aromatic heterocycles. The highest BCUT2D eigenvalue weighted by Crippen LogP contribution is 2.18. The van der Waals surface area contributed by atoms with Crippen LogP contribution in [0.2, 0.25) is 0 Å². The molecule has 0 aromatic carbocycles. The summed E-state index contributed by atoms with van der Waals surface area (Å²) in [5.41, 5.74) is 0. The van der Waals surface area contributed by atoms with E-state index in [4.69, 9.17) is 14.2 Å². The lowest BCUT2D eigenvalue weighted by molar-refractivity contribution is -0.167. The molecule has 0 rings (SSSR count). The summed E-state index contributed by atoms with van der Waals surface area (Å²) in [6, 6.07) is 0. The van der Waals surface area contributed by atoms with Crippen LogP contribution in [0.1, 0.15) is 335 Å².